The van der Waals surface area contributed by atoms with Gasteiger partial charge >= 0.3 is 5.97 Å². The molecular formula is C13H24N2O3. The second-order valence-electron chi connectivity index (χ2n) is 5.17. The molecule has 0 atom stereocenters. The minimum atomic E-state index is -0.781. The SMILES string of the molecule is NCCCCCCC(=O)NCC1(C(=O)O)CCC1. The van der Waals surface area contributed by atoms with Gasteiger partial charge in [0, 0.05) is 13.0 Å². The molecule has 0 heterocycles. The van der Waals surface area contributed by atoms with Crippen LogP contribution in [0.15, 0.2) is 0 Å². The molecule has 1 rings (SSSR count). The predicted molar refractivity (Wildman–Crippen MR) is 69.1 cm³/mol. The highest BCUT2D eigenvalue weighted by Gasteiger charge is 2.44. The van der Waals surface area contributed by atoms with E-state index in [1.165, 1.54) is 0 Å². The van der Waals surface area contributed by atoms with Crippen LogP contribution in [0.4, 0.5) is 0 Å². The zero-order valence-electron chi connectivity index (χ0n) is 10.9. The molecule has 0 aromatic heterocycles. The predicted octanol–water partition coefficient (Wildman–Crippen LogP) is 1.27. The number of unbranched alkanes of at least 4 members (excludes halogenated alkanes) is 3. The molecule has 0 bridgehead atoms. The lowest BCUT2D eigenvalue weighted by Gasteiger charge is -2.37. The molecule has 1 aliphatic rings. The van der Waals surface area contributed by atoms with Crippen LogP contribution in [-0.4, -0.2) is 30.1 Å². The quantitative estimate of drug-likeness (QED) is 0.542. The third-order valence-corrected chi connectivity index (χ3v) is 3.75. The Morgan fingerprint density at radius 1 is 1.17 bits per heavy atom. The van der Waals surface area contributed by atoms with Crippen molar-refractivity contribution in [3.05, 3.63) is 0 Å². The summed E-state index contributed by atoms with van der Waals surface area (Å²) in [4.78, 5) is 22.6. The van der Waals surface area contributed by atoms with E-state index in [1.54, 1.807) is 0 Å². The maximum atomic E-state index is 11.6. The number of carbonyl (C=O) groups is 2. The maximum Gasteiger partial charge on any atom is 0.311 e. The molecule has 1 amide bonds. The number of amides is 1. The van der Waals surface area contributed by atoms with E-state index in [0.29, 0.717) is 25.8 Å². The summed E-state index contributed by atoms with van der Waals surface area (Å²) < 4.78 is 0. The lowest BCUT2D eigenvalue weighted by Crippen LogP contribution is -2.47. The van der Waals surface area contributed by atoms with Crippen molar-refractivity contribution in [1.82, 2.24) is 5.32 Å². The van der Waals surface area contributed by atoms with Crippen molar-refractivity contribution in [2.75, 3.05) is 13.1 Å². The lowest BCUT2D eigenvalue weighted by molar-refractivity contribution is -0.154. The Kier molecular flexibility index (Phi) is 6.12. The first kappa shape index (κ1) is 15.0. The Hall–Kier alpha value is -1.10. The average Bonchev–Trinajstić information content (AvgIpc) is 2.27. The minimum Gasteiger partial charge on any atom is -0.481 e. The number of hydrogen-bond acceptors (Lipinski definition) is 3. The van der Waals surface area contributed by atoms with Crippen LogP contribution in [0.3, 0.4) is 0 Å². The minimum absolute atomic E-state index is 0.0322. The van der Waals surface area contributed by atoms with Gasteiger partial charge in [-0.15, -0.1) is 0 Å². The summed E-state index contributed by atoms with van der Waals surface area (Å²) in [6, 6.07) is 0. The van der Waals surface area contributed by atoms with Crippen molar-refractivity contribution in [1.29, 1.82) is 0 Å². The van der Waals surface area contributed by atoms with E-state index in [2.05, 4.69) is 5.32 Å². The van der Waals surface area contributed by atoms with Crippen LogP contribution in [0.2, 0.25) is 0 Å². The van der Waals surface area contributed by atoms with E-state index in [0.717, 1.165) is 32.1 Å². The number of carboxylic acids is 1. The third kappa shape index (κ3) is 4.29. The summed E-state index contributed by atoms with van der Waals surface area (Å²) in [5, 5.41) is 11.9. The van der Waals surface area contributed by atoms with Gasteiger partial charge in [-0.1, -0.05) is 19.3 Å². The normalized spacial score (nSPS) is 16.9. The van der Waals surface area contributed by atoms with E-state index in [9.17, 15) is 9.59 Å². The molecule has 0 aromatic carbocycles. The lowest BCUT2D eigenvalue weighted by atomic mass is 9.69. The molecule has 0 aliphatic heterocycles. The summed E-state index contributed by atoms with van der Waals surface area (Å²) in [7, 11) is 0. The number of nitrogens with one attached hydrogen (secondary N) is 1. The van der Waals surface area contributed by atoms with Crippen LogP contribution < -0.4 is 11.1 Å². The largest absolute Gasteiger partial charge is 0.481 e. The molecule has 1 fully saturated rings. The van der Waals surface area contributed by atoms with Crippen molar-refractivity contribution in [3.8, 4) is 0 Å². The Morgan fingerprint density at radius 2 is 1.83 bits per heavy atom. The van der Waals surface area contributed by atoms with Gasteiger partial charge in [-0.2, -0.15) is 0 Å². The molecule has 0 radical (unpaired) electrons. The van der Waals surface area contributed by atoms with Crippen LogP contribution in [0.5, 0.6) is 0 Å². The van der Waals surface area contributed by atoms with Gasteiger partial charge in [0.15, 0.2) is 0 Å². The molecule has 0 aromatic rings. The number of hydrogen-bond donors (Lipinski definition) is 3. The molecule has 5 nitrogen and oxygen atoms in total. The number of carboxylic acid groups (broad SMARTS) is 1. The first-order valence-corrected chi connectivity index (χ1v) is 6.81. The van der Waals surface area contributed by atoms with Crippen molar-refractivity contribution < 1.29 is 14.7 Å². The van der Waals surface area contributed by atoms with Gasteiger partial charge in [-0.3, -0.25) is 9.59 Å². The van der Waals surface area contributed by atoms with Gasteiger partial charge in [-0.25, -0.2) is 0 Å². The average molecular weight is 256 g/mol. The van der Waals surface area contributed by atoms with Gasteiger partial charge in [0.25, 0.3) is 0 Å². The summed E-state index contributed by atoms with van der Waals surface area (Å²) in [6.45, 7) is 0.983. The maximum absolute atomic E-state index is 11.6. The first-order valence-electron chi connectivity index (χ1n) is 6.81. The third-order valence-electron chi connectivity index (χ3n) is 3.75. The van der Waals surface area contributed by atoms with E-state index < -0.39 is 11.4 Å². The Labute approximate surface area is 108 Å². The molecule has 5 heteroatoms. The second-order valence-corrected chi connectivity index (χ2v) is 5.17. The fraction of sp³-hybridized carbons (Fsp3) is 0.846. The first-order chi connectivity index (χ1) is 8.60. The Morgan fingerprint density at radius 3 is 2.33 bits per heavy atom. The Balaban J connectivity index is 2.11. The summed E-state index contributed by atoms with van der Waals surface area (Å²) >= 11 is 0. The van der Waals surface area contributed by atoms with Crippen molar-refractivity contribution >= 4 is 11.9 Å². The molecule has 0 saturated heterocycles. The summed E-state index contributed by atoms with van der Waals surface area (Å²) in [5.41, 5.74) is 4.70. The van der Waals surface area contributed by atoms with Crippen LogP contribution in [0.1, 0.15) is 51.4 Å². The summed E-state index contributed by atoms with van der Waals surface area (Å²) in [6.07, 6.45) is 6.72. The van der Waals surface area contributed by atoms with E-state index in [1.807, 2.05) is 0 Å². The highest BCUT2D eigenvalue weighted by atomic mass is 16.4. The molecule has 1 saturated carbocycles. The number of nitrogens with two attached hydrogens (primary N) is 1. The van der Waals surface area contributed by atoms with Crippen molar-refractivity contribution in [2.24, 2.45) is 11.1 Å². The molecule has 0 unspecified atom stereocenters. The molecule has 4 N–H and O–H groups in total. The van der Waals surface area contributed by atoms with Crippen molar-refractivity contribution in [3.63, 3.8) is 0 Å². The van der Waals surface area contributed by atoms with Gasteiger partial charge < -0.3 is 16.2 Å². The van der Waals surface area contributed by atoms with E-state index >= 15 is 0 Å². The number of carbonyl (C=O) groups excluding carboxylic acids is 1. The van der Waals surface area contributed by atoms with Gasteiger partial charge in [0.2, 0.25) is 5.91 Å². The smallest absolute Gasteiger partial charge is 0.311 e. The van der Waals surface area contributed by atoms with Gasteiger partial charge in [0.1, 0.15) is 0 Å². The van der Waals surface area contributed by atoms with Crippen LogP contribution in [0, 0.1) is 5.41 Å². The summed E-state index contributed by atoms with van der Waals surface area (Å²) in [5.74, 6) is -0.813. The highest BCUT2D eigenvalue weighted by Crippen LogP contribution is 2.40. The molecule has 104 valence electrons. The van der Waals surface area contributed by atoms with Crippen LogP contribution >= 0.6 is 0 Å². The number of aliphatic carboxylic acids is 1. The fourth-order valence-electron chi connectivity index (χ4n) is 2.21. The van der Waals surface area contributed by atoms with Gasteiger partial charge in [-0.05, 0) is 32.2 Å². The zero-order valence-corrected chi connectivity index (χ0v) is 10.9. The second kappa shape index (κ2) is 7.36. The molecular weight excluding hydrogens is 232 g/mol. The topological polar surface area (TPSA) is 92.4 Å². The molecule has 18 heavy (non-hydrogen) atoms. The molecule has 1 aliphatic carbocycles. The van der Waals surface area contributed by atoms with Gasteiger partial charge in [0.05, 0.1) is 5.41 Å². The Bertz CT molecular complexity index is 288. The monoisotopic (exact) mass is 256 g/mol. The van der Waals surface area contributed by atoms with E-state index in [-0.39, 0.29) is 12.5 Å². The van der Waals surface area contributed by atoms with Crippen LogP contribution in [0.25, 0.3) is 0 Å². The van der Waals surface area contributed by atoms with Crippen LogP contribution in [-0.2, 0) is 9.59 Å². The fourth-order valence-corrected chi connectivity index (χ4v) is 2.21. The van der Waals surface area contributed by atoms with E-state index in [4.69, 9.17) is 10.8 Å². The standard InChI is InChI=1S/C13H24N2O3/c14-9-4-2-1-3-6-11(16)15-10-13(12(17)18)7-5-8-13/h1-10,14H2,(H,15,16)(H,17,18). The molecule has 0 spiro atoms. The highest BCUT2D eigenvalue weighted by molar-refractivity contribution is 5.79. The zero-order chi connectivity index (χ0) is 13.4. The number of rotatable bonds is 9. The van der Waals surface area contributed by atoms with Crippen molar-refractivity contribution in [2.45, 2.75) is 51.4 Å².